The van der Waals surface area contributed by atoms with Crippen molar-refractivity contribution in [2.75, 3.05) is 45.7 Å². The van der Waals surface area contributed by atoms with Crippen molar-refractivity contribution in [2.45, 2.75) is 25.3 Å². The Hall–Kier alpha value is -2.12. The fraction of sp³-hybridized carbons (Fsp3) is 0.524. The summed E-state index contributed by atoms with van der Waals surface area (Å²) in [7, 11) is 5.71. The Balaban J connectivity index is 1.53. The first-order chi connectivity index (χ1) is 13.5. The molecule has 1 aromatic heterocycles. The maximum absolute atomic E-state index is 12.8. The van der Waals surface area contributed by atoms with Gasteiger partial charge in [-0.3, -0.25) is 4.79 Å². The Morgan fingerprint density at radius 1 is 1.39 bits per heavy atom. The number of thiazole rings is 1. The summed E-state index contributed by atoms with van der Waals surface area (Å²) in [5, 5.41) is 5.26. The summed E-state index contributed by atoms with van der Waals surface area (Å²) in [6.07, 6.45) is 3.22. The molecule has 1 aliphatic heterocycles. The number of hydrogen-bond donors (Lipinski definition) is 1. The van der Waals surface area contributed by atoms with Crippen molar-refractivity contribution in [1.82, 2.24) is 15.2 Å². The lowest BCUT2D eigenvalue weighted by Crippen LogP contribution is -2.47. The zero-order chi connectivity index (χ0) is 19.7. The van der Waals surface area contributed by atoms with Crippen molar-refractivity contribution in [2.24, 2.45) is 5.92 Å². The fourth-order valence-corrected chi connectivity index (χ4v) is 4.71. The van der Waals surface area contributed by atoms with Gasteiger partial charge < -0.3 is 19.9 Å². The number of amides is 1. The Morgan fingerprint density at radius 2 is 2.21 bits per heavy atom. The van der Waals surface area contributed by atoms with Crippen LogP contribution in [-0.4, -0.2) is 62.7 Å². The van der Waals surface area contributed by atoms with Gasteiger partial charge in [0.05, 0.1) is 12.8 Å². The maximum Gasteiger partial charge on any atom is 0.243 e. The zero-order valence-corrected chi connectivity index (χ0v) is 17.6. The summed E-state index contributed by atoms with van der Waals surface area (Å²) in [6, 6.07) is 7.88. The number of rotatable bonds is 8. The first-order valence-electron chi connectivity index (χ1n) is 9.88. The van der Waals surface area contributed by atoms with E-state index in [9.17, 15) is 4.79 Å². The second-order valence-electron chi connectivity index (χ2n) is 7.91. The highest BCUT2D eigenvalue weighted by atomic mass is 32.1. The normalized spacial score (nSPS) is 18.4. The molecule has 2 aliphatic rings. The third-order valence-electron chi connectivity index (χ3n) is 5.33. The summed E-state index contributed by atoms with van der Waals surface area (Å²) >= 11 is 1.69. The zero-order valence-electron chi connectivity index (χ0n) is 16.8. The lowest BCUT2D eigenvalue weighted by Gasteiger charge is -2.26. The molecule has 4 rings (SSSR count). The van der Waals surface area contributed by atoms with Crippen LogP contribution in [0.2, 0.25) is 0 Å². The van der Waals surface area contributed by atoms with Crippen LogP contribution >= 0.6 is 11.3 Å². The van der Waals surface area contributed by atoms with E-state index in [4.69, 9.17) is 9.72 Å². The summed E-state index contributed by atoms with van der Waals surface area (Å²) < 4.78 is 5.35. The smallest absolute Gasteiger partial charge is 0.243 e. The molecule has 6 nitrogen and oxygen atoms in total. The van der Waals surface area contributed by atoms with Crippen LogP contribution in [0.4, 0.5) is 5.00 Å². The Bertz CT molecular complexity index is 847. The van der Waals surface area contributed by atoms with E-state index in [0.717, 1.165) is 40.1 Å². The SMILES string of the molecule is COc1cccc(-c2nc3c(s2)N(CC2CC2)C(C(=O)NCCN(C)C)C3)c1. The molecular weight excluding hydrogens is 372 g/mol. The van der Waals surface area contributed by atoms with E-state index in [1.165, 1.54) is 12.8 Å². The van der Waals surface area contributed by atoms with Crippen LogP contribution in [-0.2, 0) is 11.2 Å². The molecule has 1 unspecified atom stereocenters. The Morgan fingerprint density at radius 3 is 2.93 bits per heavy atom. The summed E-state index contributed by atoms with van der Waals surface area (Å²) in [5.74, 6) is 1.67. The van der Waals surface area contributed by atoms with Crippen molar-refractivity contribution in [3.63, 3.8) is 0 Å². The van der Waals surface area contributed by atoms with Crippen LogP contribution in [0, 0.1) is 5.92 Å². The molecule has 1 N–H and O–H groups in total. The van der Waals surface area contributed by atoms with Gasteiger partial charge in [0.15, 0.2) is 0 Å². The number of likely N-dealkylation sites (N-methyl/N-ethyl adjacent to an activating group) is 1. The second kappa shape index (κ2) is 8.09. The maximum atomic E-state index is 12.8. The molecule has 0 radical (unpaired) electrons. The van der Waals surface area contributed by atoms with Crippen molar-refractivity contribution in [3.8, 4) is 16.3 Å². The lowest BCUT2D eigenvalue weighted by molar-refractivity contribution is -0.122. The topological polar surface area (TPSA) is 57.7 Å². The molecule has 1 aromatic carbocycles. The van der Waals surface area contributed by atoms with Crippen molar-refractivity contribution in [3.05, 3.63) is 30.0 Å². The summed E-state index contributed by atoms with van der Waals surface area (Å²) in [4.78, 5) is 22.1. The van der Waals surface area contributed by atoms with Gasteiger partial charge in [0.1, 0.15) is 21.8 Å². The van der Waals surface area contributed by atoms with Crippen molar-refractivity contribution >= 4 is 22.2 Å². The van der Waals surface area contributed by atoms with Gasteiger partial charge in [-0.25, -0.2) is 4.98 Å². The number of carbonyl (C=O) groups excluding carboxylic acids is 1. The van der Waals surface area contributed by atoms with Crippen LogP contribution in [0.5, 0.6) is 5.75 Å². The molecule has 28 heavy (non-hydrogen) atoms. The number of benzene rings is 1. The predicted molar refractivity (Wildman–Crippen MR) is 113 cm³/mol. The van der Waals surface area contributed by atoms with Gasteiger partial charge >= 0.3 is 0 Å². The van der Waals surface area contributed by atoms with Gasteiger partial charge in [0.25, 0.3) is 0 Å². The Kier molecular flexibility index (Phi) is 5.55. The quantitative estimate of drug-likeness (QED) is 0.738. The number of nitrogens with zero attached hydrogens (tertiary/aromatic N) is 3. The molecule has 2 heterocycles. The second-order valence-corrected chi connectivity index (χ2v) is 8.89. The predicted octanol–water partition coefficient (Wildman–Crippen LogP) is 2.64. The van der Waals surface area contributed by atoms with Crippen LogP contribution in [0.1, 0.15) is 18.5 Å². The van der Waals surface area contributed by atoms with Crippen LogP contribution in [0.15, 0.2) is 24.3 Å². The fourth-order valence-electron chi connectivity index (χ4n) is 3.56. The van der Waals surface area contributed by atoms with Gasteiger partial charge in [-0.15, -0.1) is 0 Å². The van der Waals surface area contributed by atoms with E-state index in [0.29, 0.717) is 18.9 Å². The lowest BCUT2D eigenvalue weighted by atomic mass is 10.2. The molecule has 150 valence electrons. The van der Waals surface area contributed by atoms with Gasteiger partial charge in [-0.05, 0) is 45.0 Å². The average Bonchev–Trinajstić information content (AvgIpc) is 3.30. The van der Waals surface area contributed by atoms with Gasteiger partial charge in [0, 0.05) is 31.6 Å². The van der Waals surface area contributed by atoms with Crippen LogP contribution in [0.3, 0.4) is 0 Å². The van der Waals surface area contributed by atoms with Crippen molar-refractivity contribution < 1.29 is 9.53 Å². The minimum atomic E-state index is -0.129. The molecule has 1 saturated carbocycles. The number of anilines is 1. The number of methoxy groups -OCH3 is 1. The van der Waals surface area contributed by atoms with Crippen LogP contribution in [0.25, 0.3) is 10.6 Å². The number of hydrogen-bond acceptors (Lipinski definition) is 6. The van der Waals surface area contributed by atoms with Crippen molar-refractivity contribution in [1.29, 1.82) is 0 Å². The number of nitrogens with one attached hydrogen (secondary N) is 1. The van der Waals surface area contributed by atoms with Crippen LogP contribution < -0.4 is 15.0 Å². The Labute approximate surface area is 170 Å². The first kappa shape index (κ1) is 19.2. The molecule has 1 amide bonds. The van der Waals surface area contributed by atoms with Gasteiger partial charge in [-0.1, -0.05) is 23.5 Å². The highest BCUT2D eigenvalue weighted by molar-refractivity contribution is 7.19. The number of ether oxygens (including phenoxy) is 1. The number of carbonyl (C=O) groups is 1. The van der Waals surface area contributed by atoms with Gasteiger partial charge in [-0.2, -0.15) is 0 Å². The highest BCUT2D eigenvalue weighted by Gasteiger charge is 2.40. The molecule has 2 aromatic rings. The standard InChI is InChI=1S/C21H28N4O2S/c1-24(2)10-9-22-19(26)18-12-17-21(25(18)13-14-7-8-14)28-20(23-17)15-5-4-6-16(11-15)27-3/h4-6,11,14,18H,7-10,12-13H2,1-3H3,(H,22,26). The average molecular weight is 401 g/mol. The minimum absolute atomic E-state index is 0.121. The third-order valence-corrected chi connectivity index (χ3v) is 6.51. The molecule has 0 saturated heterocycles. The van der Waals surface area contributed by atoms with E-state index in [1.54, 1.807) is 18.4 Å². The number of aromatic nitrogens is 1. The molecular formula is C21H28N4O2S. The summed E-state index contributed by atoms with van der Waals surface area (Å²) in [6.45, 7) is 2.48. The minimum Gasteiger partial charge on any atom is -0.497 e. The monoisotopic (exact) mass is 400 g/mol. The molecule has 1 fully saturated rings. The van der Waals surface area contributed by atoms with E-state index in [1.807, 2.05) is 32.3 Å². The molecule has 1 atom stereocenters. The first-order valence-corrected chi connectivity index (χ1v) is 10.7. The summed E-state index contributed by atoms with van der Waals surface area (Å²) in [5.41, 5.74) is 2.12. The highest BCUT2D eigenvalue weighted by Crippen LogP contribution is 2.44. The molecule has 7 heteroatoms. The van der Waals surface area contributed by atoms with Gasteiger partial charge in [0.2, 0.25) is 5.91 Å². The van der Waals surface area contributed by atoms with E-state index < -0.39 is 0 Å². The molecule has 0 bridgehead atoms. The molecule has 0 spiro atoms. The molecule has 1 aliphatic carbocycles. The largest absolute Gasteiger partial charge is 0.497 e. The van der Waals surface area contributed by atoms with E-state index in [2.05, 4.69) is 21.2 Å². The number of fused-ring (bicyclic) bond motifs is 1. The van der Waals surface area contributed by atoms with E-state index in [-0.39, 0.29) is 11.9 Å². The third kappa shape index (κ3) is 4.15. The van der Waals surface area contributed by atoms with E-state index >= 15 is 0 Å².